The number of carbonyl (C=O) groups is 1. The second kappa shape index (κ2) is 3.51. The lowest BCUT2D eigenvalue weighted by Gasteiger charge is -2.31. The van der Waals surface area contributed by atoms with Gasteiger partial charge in [-0.15, -0.1) is 11.6 Å². The molecule has 0 radical (unpaired) electrons. The quantitative estimate of drug-likeness (QED) is 0.615. The first-order valence-corrected chi connectivity index (χ1v) is 4.85. The van der Waals surface area contributed by atoms with E-state index in [1.54, 1.807) is 0 Å². The fourth-order valence-electron chi connectivity index (χ4n) is 1.26. The number of hydrogen-bond donors (Lipinski definition) is 0. The monoisotopic (exact) mass is 214 g/mol. The zero-order valence-electron chi connectivity index (χ0n) is 5.95. The van der Waals surface area contributed by atoms with Crippen molar-refractivity contribution in [1.29, 1.82) is 0 Å². The van der Waals surface area contributed by atoms with Gasteiger partial charge in [-0.3, -0.25) is 4.79 Å². The predicted molar refractivity (Wildman–Crippen MR) is 47.5 cm³/mol. The molecule has 1 nitrogen and oxygen atoms in total. The molecule has 1 fully saturated rings. The van der Waals surface area contributed by atoms with Gasteiger partial charge < -0.3 is 0 Å². The highest BCUT2D eigenvalue weighted by molar-refractivity contribution is 6.58. The molecule has 0 aromatic carbocycles. The molecule has 1 unspecified atom stereocenters. The first-order valence-electron chi connectivity index (χ1n) is 3.56. The van der Waals surface area contributed by atoms with E-state index in [9.17, 15) is 4.79 Å². The third kappa shape index (κ3) is 1.82. The van der Waals surface area contributed by atoms with Crippen LogP contribution in [0.5, 0.6) is 0 Å². The van der Waals surface area contributed by atoms with Gasteiger partial charge in [0.1, 0.15) is 0 Å². The maximum Gasteiger partial charge on any atom is 0.179 e. The lowest BCUT2D eigenvalue weighted by molar-refractivity contribution is -0.122. The molecule has 1 aliphatic rings. The number of hydrogen-bond acceptors (Lipinski definition) is 1. The van der Waals surface area contributed by atoms with Crippen LogP contribution in [0.3, 0.4) is 0 Å². The topological polar surface area (TPSA) is 17.1 Å². The number of alkyl halides is 3. The molecule has 0 aromatic heterocycles. The molecule has 0 aliphatic heterocycles. The fraction of sp³-hybridized carbons (Fsp3) is 0.857. The average Bonchev–Trinajstić information content (AvgIpc) is 1.95. The van der Waals surface area contributed by atoms with E-state index in [0.29, 0.717) is 12.3 Å². The maximum absolute atomic E-state index is 11.2. The molecule has 0 bridgehead atoms. The van der Waals surface area contributed by atoms with E-state index in [1.165, 1.54) is 0 Å². The molecule has 1 rings (SSSR count). The second-order valence-electron chi connectivity index (χ2n) is 2.79. The Morgan fingerprint density at radius 2 is 2.18 bits per heavy atom. The first kappa shape index (κ1) is 9.63. The molecule has 0 N–H and O–H groups in total. The zero-order chi connectivity index (χ0) is 8.48. The minimum Gasteiger partial charge on any atom is -0.296 e. The first-order chi connectivity index (χ1) is 5.09. The Labute approximate surface area is 81.0 Å². The Morgan fingerprint density at radius 1 is 1.55 bits per heavy atom. The summed E-state index contributed by atoms with van der Waals surface area (Å²) in [6, 6.07) is 0. The number of halogens is 3. The van der Waals surface area contributed by atoms with Crippen molar-refractivity contribution in [1.82, 2.24) is 0 Å². The molecule has 0 spiro atoms. The van der Waals surface area contributed by atoms with E-state index in [0.717, 1.165) is 12.8 Å². The normalized spacial score (nSPS) is 30.5. The van der Waals surface area contributed by atoms with Gasteiger partial charge in [-0.25, -0.2) is 0 Å². The van der Waals surface area contributed by atoms with E-state index in [1.807, 2.05) is 0 Å². The Bertz CT molecular complexity index is 167. The highest BCUT2D eigenvalue weighted by atomic mass is 35.5. The van der Waals surface area contributed by atoms with Gasteiger partial charge in [0.25, 0.3) is 0 Å². The van der Waals surface area contributed by atoms with Crippen LogP contribution >= 0.6 is 34.8 Å². The van der Waals surface area contributed by atoms with Crippen LogP contribution in [0.25, 0.3) is 0 Å². The zero-order valence-corrected chi connectivity index (χ0v) is 8.22. The van der Waals surface area contributed by atoms with E-state index in [4.69, 9.17) is 34.8 Å². The number of rotatable bonds is 1. The van der Waals surface area contributed by atoms with Gasteiger partial charge in [0.2, 0.25) is 0 Å². The van der Waals surface area contributed by atoms with Crippen molar-refractivity contribution in [3.63, 3.8) is 0 Å². The van der Waals surface area contributed by atoms with Gasteiger partial charge in [-0.05, 0) is 12.8 Å². The van der Waals surface area contributed by atoms with E-state index >= 15 is 0 Å². The van der Waals surface area contributed by atoms with Crippen molar-refractivity contribution in [3.05, 3.63) is 0 Å². The van der Waals surface area contributed by atoms with Crippen LogP contribution < -0.4 is 0 Å². The molecule has 0 aromatic rings. The summed E-state index contributed by atoms with van der Waals surface area (Å²) in [5.41, 5.74) is 0. The summed E-state index contributed by atoms with van der Waals surface area (Å²) in [6.07, 6.45) is 2.19. The Balaban J connectivity index is 2.72. The molecular formula is C7H9Cl3O. The average molecular weight is 216 g/mol. The van der Waals surface area contributed by atoms with Crippen molar-refractivity contribution in [3.8, 4) is 0 Å². The van der Waals surface area contributed by atoms with Crippen LogP contribution in [0.15, 0.2) is 0 Å². The van der Waals surface area contributed by atoms with Gasteiger partial charge in [0.05, 0.1) is 0 Å². The molecule has 0 amide bonds. The molecule has 1 aliphatic carbocycles. The molecule has 4 heteroatoms. The van der Waals surface area contributed by atoms with Crippen molar-refractivity contribution in [2.75, 3.05) is 5.88 Å². The second-order valence-corrected chi connectivity index (χ2v) is 4.48. The van der Waals surface area contributed by atoms with Crippen LogP contribution in [0, 0.1) is 5.92 Å². The summed E-state index contributed by atoms with van der Waals surface area (Å²) in [4.78, 5) is 11.2. The Kier molecular flexibility index (Phi) is 3.07. The van der Waals surface area contributed by atoms with Crippen molar-refractivity contribution in [2.45, 2.75) is 23.6 Å². The van der Waals surface area contributed by atoms with Gasteiger partial charge in [0.15, 0.2) is 10.1 Å². The van der Waals surface area contributed by atoms with Gasteiger partial charge >= 0.3 is 0 Å². The van der Waals surface area contributed by atoms with Crippen molar-refractivity contribution < 1.29 is 4.79 Å². The highest BCUT2D eigenvalue weighted by Crippen LogP contribution is 2.40. The van der Waals surface area contributed by atoms with Crippen LogP contribution in [0.1, 0.15) is 19.3 Å². The Hall–Kier alpha value is 0.540. The summed E-state index contributed by atoms with van der Waals surface area (Å²) >= 11 is 17.2. The largest absolute Gasteiger partial charge is 0.296 e. The van der Waals surface area contributed by atoms with E-state index in [-0.39, 0.29) is 11.7 Å². The number of carbonyl (C=O) groups excluding carboxylic acids is 1. The molecule has 0 saturated heterocycles. The van der Waals surface area contributed by atoms with Crippen LogP contribution in [-0.2, 0) is 4.79 Å². The molecule has 64 valence electrons. The summed E-state index contributed by atoms with van der Waals surface area (Å²) in [7, 11) is 0. The molecule has 11 heavy (non-hydrogen) atoms. The summed E-state index contributed by atoms with van der Waals surface area (Å²) in [5.74, 6) is 0.199. The standard InChI is InChI=1S/C7H9Cl3O/c8-4-5-2-1-3-6(11)7(5,9)10/h5H,1-4H2. The molecular weight excluding hydrogens is 206 g/mol. The number of Topliss-reactive ketones (excluding diaryl/α,β-unsaturated/α-hetero) is 1. The van der Waals surface area contributed by atoms with Crippen molar-refractivity contribution in [2.24, 2.45) is 5.92 Å². The molecule has 1 atom stereocenters. The maximum atomic E-state index is 11.2. The van der Waals surface area contributed by atoms with Crippen LogP contribution in [-0.4, -0.2) is 16.0 Å². The minimum atomic E-state index is -1.22. The van der Waals surface area contributed by atoms with Crippen LogP contribution in [0.4, 0.5) is 0 Å². The smallest absolute Gasteiger partial charge is 0.179 e. The van der Waals surface area contributed by atoms with Gasteiger partial charge in [-0.2, -0.15) is 0 Å². The van der Waals surface area contributed by atoms with Gasteiger partial charge in [0, 0.05) is 18.2 Å². The SMILES string of the molecule is O=C1CCCC(CCl)C1(Cl)Cl. The van der Waals surface area contributed by atoms with Crippen LogP contribution in [0.2, 0.25) is 0 Å². The summed E-state index contributed by atoms with van der Waals surface area (Å²) in [6.45, 7) is 0. The van der Waals surface area contributed by atoms with Crippen molar-refractivity contribution >= 4 is 40.6 Å². The lowest BCUT2D eigenvalue weighted by Crippen LogP contribution is -2.39. The van der Waals surface area contributed by atoms with E-state index < -0.39 is 4.33 Å². The third-order valence-corrected chi connectivity index (χ3v) is 3.44. The highest BCUT2D eigenvalue weighted by Gasteiger charge is 2.43. The minimum absolute atomic E-state index is 0.0752. The fourth-order valence-corrected chi connectivity index (χ4v) is 2.36. The predicted octanol–water partition coefficient (Wildman–Crippen LogP) is 2.77. The van der Waals surface area contributed by atoms with Gasteiger partial charge in [-0.1, -0.05) is 23.2 Å². The molecule has 0 heterocycles. The lowest BCUT2D eigenvalue weighted by atomic mass is 9.88. The number of ketones is 1. The van der Waals surface area contributed by atoms with E-state index in [2.05, 4.69) is 0 Å². The Morgan fingerprint density at radius 3 is 2.64 bits per heavy atom. The summed E-state index contributed by atoms with van der Waals surface area (Å²) < 4.78 is -1.22. The third-order valence-electron chi connectivity index (χ3n) is 2.03. The summed E-state index contributed by atoms with van der Waals surface area (Å²) in [5, 5.41) is 0. The molecule has 1 saturated carbocycles.